The number of H-pyrrole nitrogens is 1. The molecule has 2 fully saturated rings. The molecular formula is C22H27F6N5O6. The van der Waals surface area contributed by atoms with Gasteiger partial charge in [0.05, 0.1) is 19.8 Å². The molecule has 3 N–H and O–H groups in total. The molecule has 0 bridgehead atoms. The fourth-order valence-electron chi connectivity index (χ4n) is 4.15. The topological polar surface area (TPSA) is 151 Å². The standard InChI is InChI=1S/C18H25N5O2.2C2HF3O2/c1-12-20-17(22-21-12)8-16-15-5-7-23(10-14(15)11-25-16)9-13-4-3-6-19-18(13)24-2;2*3-2(4,5)1(6)7/h3-4,6,14-16H,5,7-11H2,1-2H3,(H,20,21,22);2*(H,6,7)/t14-,15-,16+;;/m1../s1. The summed E-state index contributed by atoms with van der Waals surface area (Å²) in [4.78, 5) is 29.0. The minimum absolute atomic E-state index is 0.246. The third-order valence-electron chi connectivity index (χ3n) is 5.83. The highest BCUT2D eigenvalue weighted by Gasteiger charge is 2.41. The van der Waals surface area contributed by atoms with Crippen LogP contribution in [0.4, 0.5) is 26.3 Å². The number of carboxylic acids is 2. The number of pyridine rings is 1. The van der Waals surface area contributed by atoms with E-state index in [1.165, 1.54) is 0 Å². The molecule has 2 aliphatic heterocycles. The number of piperidine rings is 1. The van der Waals surface area contributed by atoms with Crippen molar-refractivity contribution < 1.29 is 55.6 Å². The molecule has 11 nitrogen and oxygen atoms in total. The summed E-state index contributed by atoms with van der Waals surface area (Å²) >= 11 is 0. The number of aryl methyl sites for hydroxylation is 1. The van der Waals surface area contributed by atoms with Gasteiger partial charge >= 0.3 is 24.3 Å². The fraction of sp³-hybridized carbons (Fsp3) is 0.591. The number of alkyl halides is 6. The predicted molar refractivity (Wildman–Crippen MR) is 120 cm³/mol. The third-order valence-corrected chi connectivity index (χ3v) is 5.83. The lowest BCUT2D eigenvalue weighted by molar-refractivity contribution is -0.193. The summed E-state index contributed by atoms with van der Waals surface area (Å²) in [6, 6.07) is 4.07. The summed E-state index contributed by atoms with van der Waals surface area (Å²) in [6.07, 6.45) is -6.19. The quantitative estimate of drug-likeness (QED) is 0.457. The Morgan fingerprint density at radius 2 is 1.79 bits per heavy atom. The number of methoxy groups -OCH3 is 1. The summed E-state index contributed by atoms with van der Waals surface area (Å²) in [5.74, 6) is -1.87. The van der Waals surface area contributed by atoms with Gasteiger partial charge in [-0.1, -0.05) is 6.07 Å². The maximum Gasteiger partial charge on any atom is 0.490 e. The van der Waals surface area contributed by atoms with Crippen LogP contribution in [0.2, 0.25) is 0 Å². The molecule has 0 aromatic carbocycles. The van der Waals surface area contributed by atoms with Gasteiger partial charge < -0.3 is 19.7 Å². The average Bonchev–Trinajstić information content (AvgIpc) is 3.44. The number of rotatable bonds is 5. The molecular weight excluding hydrogens is 544 g/mol. The number of halogens is 6. The van der Waals surface area contributed by atoms with E-state index in [4.69, 9.17) is 29.3 Å². The Morgan fingerprint density at radius 3 is 2.31 bits per heavy atom. The van der Waals surface area contributed by atoms with Gasteiger partial charge in [-0.05, 0) is 31.9 Å². The van der Waals surface area contributed by atoms with Crippen molar-refractivity contribution in [2.75, 3.05) is 26.8 Å². The normalized spacial score (nSPS) is 21.1. The van der Waals surface area contributed by atoms with Gasteiger partial charge in [-0.25, -0.2) is 19.6 Å². The molecule has 0 amide bonds. The van der Waals surface area contributed by atoms with Gasteiger partial charge in [0.1, 0.15) is 5.82 Å². The summed E-state index contributed by atoms with van der Waals surface area (Å²) in [5, 5.41) is 21.4. The van der Waals surface area contributed by atoms with Gasteiger partial charge in [-0.3, -0.25) is 10.00 Å². The molecule has 39 heavy (non-hydrogen) atoms. The van der Waals surface area contributed by atoms with Gasteiger partial charge in [0, 0.05) is 37.2 Å². The zero-order chi connectivity index (χ0) is 29.4. The second-order valence-electron chi connectivity index (χ2n) is 8.64. The van der Waals surface area contributed by atoms with E-state index in [0.29, 0.717) is 11.8 Å². The number of aliphatic carboxylic acids is 2. The Hall–Kier alpha value is -3.47. The molecule has 2 aliphatic rings. The average molecular weight is 571 g/mol. The molecule has 4 heterocycles. The Kier molecular flexibility index (Phi) is 11.0. The van der Waals surface area contributed by atoms with Crippen LogP contribution in [0.1, 0.15) is 23.6 Å². The first-order valence-electron chi connectivity index (χ1n) is 11.4. The molecule has 2 saturated heterocycles. The Bertz CT molecular complexity index is 1070. The van der Waals surface area contributed by atoms with E-state index in [1.807, 2.05) is 13.0 Å². The van der Waals surface area contributed by atoms with E-state index >= 15 is 0 Å². The Morgan fingerprint density at radius 1 is 1.18 bits per heavy atom. The summed E-state index contributed by atoms with van der Waals surface area (Å²) in [5.41, 5.74) is 1.15. The number of carboxylic acid groups (broad SMARTS) is 2. The number of hydrogen-bond donors (Lipinski definition) is 3. The van der Waals surface area contributed by atoms with Crippen molar-refractivity contribution in [1.29, 1.82) is 0 Å². The van der Waals surface area contributed by atoms with Gasteiger partial charge in [-0.2, -0.15) is 31.4 Å². The number of hydrogen-bond acceptors (Lipinski definition) is 8. The second-order valence-corrected chi connectivity index (χ2v) is 8.64. The van der Waals surface area contributed by atoms with Crippen molar-refractivity contribution in [3.63, 3.8) is 0 Å². The Labute approximate surface area is 218 Å². The fourth-order valence-corrected chi connectivity index (χ4v) is 4.15. The van der Waals surface area contributed by atoms with Crippen molar-refractivity contribution in [2.45, 2.75) is 44.8 Å². The van der Waals surface area contributed by atoms with Crippen LogP contribution in [0.3, 0.4) is 0 Å². The van der Waals surface area contributed by atoms with Crippen molar-refractivity contribution in [3.8, 4) is 5.88 Å². The first-order chi connectivity index (χ1) is 18.1. The van der Waals surface area contributed by atoms with E-state index in [9.17, 15) is 26.3 Å². The van der Waals surface area contributed by atoms with Crippen molar-refractivity contribution in [3.05, 3.63) is 35.5 Å². The minimum atomic E-state index is -5.08. The number of aromatic amines is 1. The highest BCUT2D eigenvalue weighted by Crippen LogP contribution is 2.36. The van der Waals surface area contributed by atoms with E-state index in [0.717, 1.165) is 62.2 Å². The van der Waals surface area contributed by atoms with Gasteiger partial charge in [0.2, 0.25) is 5.88 Å². The molecule has 0 aliphatic carbocycles. The lowest BCUT2D eigenvalue weighted by Crippen LogP contribution is -2.41. The van der Waals surface area contributed by atoms with Crippen LogP contribution in [-0.4, -0.2) is 92.5 Å². The highest BCUT2D eigenvalue weighted by molar-refractivity contribution is 5.73. The van der Waals surface area contributed by atoms with Crippen LogP contribution in [0.15, 0.2) is 18.3 Å². The smallest absolute Gasteiger partial charge is 0.481 e. The van der Waals surface area contributed by atoms with Crippen molar-refractivity contribution in [2.24, 2.45) is 11.8 Å². The van der Waals surface area contributed by atoms with E-state index in [2.05, 4.69) is 31.1 Å². The second kappa shape index (κ2) is 13.5. The number of ether oxygens (including phenoxy) is 2. The summed E-state index contributed by atoms with van der Waals surface area (Å²) in [6.45, 7) is 5.78. The molecule has 3 atom stereocenters. The highest BCUT2D eigenvalue weighted by atomic mass is 19.4. The lowest BCUT2D eigenvalue weighted by Gasteiger charge is -2.35. The van der Waals surface area contributed by atoms with Crippen molar-refractivity contribution in [1.82, 2.24) is 25.1 Å². The maximum atomic E-state index is 10.6. The number of carbonyl (C=O) groups is 2. The van der Waals surface area contributed by atoms with Crippen molar-refractivity contribution >= 4 is 11.9 Å². The largest absolute Gasteiger partial charge is 0.490 e. The van der Waals surface area contributed by atoms with Crippen LogP contribution in [0, 0.1) is 18.8 Å². The molecule has 2 aromatic heterocycles. The zero-order valence-electron chi connectivity index (χ0n) is 20.8. The van der Waals surface area contributed by atoms with Crippen LogP contribution in [-0.2, 0) is 27.3 Å². The maximum absolute atomic E-state index is 10.6. The van der Waals surface area contributed by atoms with Crippen LogP contribution in [0.25, 0.3) is 0 Å². The molecule has 0 spiro atoms. The first-order valence-corrected chi connectivity index (χ1v) is 11.4. The summed E-state index contributed by atoms with van der Waals surface area (Å²) in [7, 11) is 1.68. The predicted octanol–water partition coefficient (Wildman–Crippen LogP) is 2.86. The van der Waals surface area contributed by atoms with Gasteiger partial charge in [0.25, 0.3) is 0 Å². The van der Waals surface area contributed by atoms with E-state index in [1.54, 1.807) is 13.3 Å². The molecule has 0 saturated carbocycles. The number of aromatic nitrogens is 4. The van der Waals surface area contributed by atoms with Crippen LogP contribution >= 0.6 is 0 Å². The van der Waals surface area contributed by atoms with Crippen LogP contribution < -0.4 is 4.74 Å². The molecule has 2 aromatic rings. The molecule has 17 heteroatoms. The third kappa shape index (κ3) is 9.97. The summed E-state index contributed by atoms with van der Waals surface area (Å²) < 4.78 is 75.0. The SMILES string of the molecule is COc1ncccc1CN1CC[C@@H]2[C@@H](CO[C@H]2Cc2n[nH]c(C)n2)C1.O=C(O)C(F)(F)F.O=C(O)C(F)(F)F. The number of likely N-dealkylation sites (tertiary alicyclic amines) is 1. The Balaban J connectivity index is 0.000000317. The first kappa shape index (κ1) is 31.7. The number of fused-ring (bicyclic) bond motifs is 1. The van der Waals surface area contributed by atoms with E-state index < -0.39 is 24.3 Å². The molecule has 218 valence electrons. The van der Waals surface area contributed by atoms with Crippen LogP contribution in [0.5, 0.6) is 5.88 Å². The van der Waals surface area contributed by atoms with Gasteiger partial charge in [-0.15, -0.1) is 0 Å². The molecule has 0 unspecified atom stereocenters. The van der Waals surface area contributed by atoms with Gasteiger partial charge in [0.15, 0.2) is 5.82 Å². The zero-order valence-corrected chi connectivity index (χ0v) is 20.8. The lowest BCUT2D eigenvalue weighted by atomic mass is 9.83. The monoisotopic (exact) mass is 571 g/mol. The molecule has 0 radical (unpaired) electrons. The number of nitrogens with zero attached hydrogens (tertiary/aromatic N) is 4. The minimum Gasteiger partial charge on any atom is -0.481 e. The molecule has 4 rings (SSSR count). The van der Waals surface area contributed by atoms with E-state index in [-0.39, 0.29) is 6.10 Å². The number of nitrogens with one attached hydrogen (secondary N) is 1.